The molecule has 5 nitrogen and oxygen atoms in total. The summed E-state index contributed by atoms with van der Waals surface area (Å²) in [6.07, 6.45) is 0. The zero-order valence-electron chi connectivity index (χ0n) is 12.8. The average Bonchev–Trinajstić information content (AvgIpc) is 2.39. The van der Waals surface area contributed by atoms with Crippen molar-refractivity contribution in [3.8, 4) is 0 Å². The lowest BCUT2D eigenvalue weighted by Gasteiger charge is -2.23. The van der Waals surface area contributed by atoms with Crippen LogP contribution in [0.1, 0.15) is 20.8 Å². The Balaban J connectivity index is 2.53. The van der Waals surface area contributed by atoms with Gasteiger partial charge in [-0.2, -0.15) is 0 Å². The number of nitrogens with zero attached hydrogens (tertiary/aromatic N) is 1. The molecule has 1 aromatic carbocycles. The summed E-state index contributed by atoms with van der Waals surface area (Å²) in [5.41, 5.74) is 0.732. The third-order valence-electron chi connectivity index (χ3n) is 3.00. The van der Waals surface area contributed by atoms with Crippen molar-refractivity contribution in [3.05, 3.63) is 28.7 Å². The Hall–Kier alpha value is -1.40. The van der Waals surface area contributed by atoms with Gasteiger partial charge in [-0.25, -0.2) is 0 Å². The van der Waals surface area contributed by atoms with Crippen LogP contribution in [-0.4, -0.2) is 42.4 Å². The number of likely N-dealkylation sites (N-methyl/N-ethyl adjacent to an activating group) is 1. The van der Waals surface area contributed by atoms with Gasteiger partial charge in [0.2, 0.25) is 11.8 Å². The van der Waals surface area contributed by atoms with Gasteiger partial charge in [0.25, 0.3) is 0 Å². The molecule has 0 bridgehead atoms. The van der Waals surface area contributed by atoms with Gasteiger partial charge in [0.1, 0.15) is 0 Å². The van der Waals surface area contributed by atoms with E-state index in [0.717, 1.165) is 10.2 Å². The molecule has 0 spiro atoms. The lowest BCUT2D eigenvalue weighted by atomic mass is 10.2. The van der Waals surface area contributed by atoms with Crippen molar-refractivity contribution in [2.75, 3.05) is 18.9 Å². The van der Waals surface area contributed by atoms with E-state index in [1.807, 2.05) is 38.1 Å². The molecule has 2 amide bonds. The highest BCUT2D eigenvalue weighted by Gasteiger charge is 2.20. The first kappa shape index (κ1) is 17.7. The van der Waals surface area contributed by atoms with E-state index in [9.17, 15) is 9.59 Å². The van der Waals surface area contributed by atoms with E-state index in [4.69, 9.17) is 0 Å². The number of hydrogen-bond acceptors (Lipinski definition) is 3. The summed E-state index contributed by atoms with van der Waals surface area (Å²) in [5, 5.41) is 5.64. The molecule has 0 saturated heterocycles. The van der Waals surface area contributed by atoms with E-state index < -0.39 is 6.04 Å². The Bertz CT molecular complexity index is 488. The van der Waals surface area contributed by atoms with Crippen molar-refractivity contribution in [2.24, 2.45) is 0 Å². The fourth-order valence-corrected chi connectivity index (χ4v) is 1.98. The van der Waals surface area contributed by atoms with Gasteiger partial charge in [-0.3, -0.25) is 14.5 Å². The molecule has 0 aliphatic carbocycles. The normalized spacial score (nSPS) is 12.3. The highest BCUT2D eigenvalue weighted by Crippen LogP contribution is 2.14. The first-order valence-electron chi connectivity index (χ1n) is 6.85. The van der Waals surface area contributed by atoms with Crippen LogP contribution >= 0.6 is 15.9 Å². The first-order valence-corrected chi connectivity index (χ1v) is 7.65. The Labute approximate surface area is 134 Å². The Morgan fingerprint density at radius 3 is 2.29 bits per heavy atom. The van der Waals surface area contributed by atoms with Crippen molar-refractivity contribution >= 4 is 33.4 Å². The summed E-state index contributed by atoms with van der Waals surface area (Å²) < 4.78 is 0.955. The minimum atomic E-state index is -0.397. The summed E-state index contributed by atoms with van der Waals surface area (Å²) >= 11 is 3.35. The maximum absolute atomic E-state index is 12.1. The highest BCUT2D eigenvalue weighted by atomic mass is 79.9. The van der Waals surface area contributed by atoms with Crippen LogP contribution in [0.15, 0.2) is 28.7 Å². The van der Waals surface area contributed by atoms with Crippen LogP contribution in [0.3, 0.4) is 0 Å². The molecule has 0 saturated carbocycles. The minimum absolute atomic E-state index is 0.0872. The molecular weight excluding hydrogens is 334 g/mol. The molecule has 1 aromatic rings. The van der Waals surface area contributed by atoms with Crippen LogP contribution in [-0.2, 0) is 9.59 Å². The van der Waals surface area contributed by atoms with Gasteiger partial charge in [0, 0.05) is 16.2 Å². The number of benzene rings is 1. The second kappa shape index (κ2) is 8.14. The Kier molecular flexibility index (Phi) is 6.84. The largest absolute Gasteiger partial charge is 0.353 e. The molecule has 0 fully saturated rings. The summed E-state index contributed by atoms with van der Waals surface area (Å²) in [4.78, 5) is 25.6. The minimum Gasteiger partial charge on any atom is -0.353 e. The fraction of sp³-hybridized carbons (Fsp3) is 0.467. The fourth-order valence-electron chi connectivity index (χ4n) is 1.71. The average molecular weight is 356 g/mol. The van der Waals surface area contributed by atoms with Gasteiger partial charge >= 0.3 is 0 Å². The van der Waals surface area contributed by atoms with Crippen LogP contribution in [0.4, 0.5) is 5.69 Å². The quantitative estimate of drug-likeness (QED) is 0.822. The number of carbonyl (C=O) groups is 2. The lowest BCUT2D eigenvalue weighted by Crippen LogP contribution is -2.45. The zero-order chi connectivity index (χ0) is 16.0. The highest BCUT2D eigenvalue weighted by molar-refractivity contribution is 9.10. The topological polar surface area (TPSA) is 61.4 Å². The van der Waals surface area contributed by atoms with Crippen LogP contribution < -0.4 is 10.6 Å². The molecule has 1 atom stereocenters. The lowest BCUT2D eigenvalue weighted by molar-refractivity contribution is -0.125. The van der Waals surface area contributed by atoms with E-state index in [1.165, 1.54) is 0 Å². The van der Waals surface area contributed by atoms with Gasteiger partial charge < -0.3 is 10.6 Å². The molecule has 0 radical (unpaired) electrons. The van der Waals surface area contributed by atoms with Crippen molar-refractivity contribution in [1.29, 1.82) is 0 Å². The van der Waals surface area contributed by atoms with Gasteiger partial charge in [-0.1, -0.05) is 15.9 Å². The number of anilines is 1. The van der Waals surface area contributed by atoms with Crippen molar-refractivity contribution in [2.45, 2.75) is 32.9 Å². The first-order chi connectivity index (χ1) is 9.79. The standard InChI is InChI=1S/C15H22BrN3O2/c1-10(2)17-14(20)9-19(4)11(3)15(21)18-13-7-5-12(16)6-8-13/h5-8,10-11H,9H2,1-4H3,(H,17,20)(H,18,21)/t11-/m1/s1. The predicted molar refractivity (Wildman–Crippen MR) is 88.1 cm³/mol. The number of nitrogens with one attached hydrogen (secondary N) is 2. The van der Waals surface area contributed by atoms with E-state index in [2.05, 4.69) is 26.6 Å². The maximum Gasteiger partial charge on any atom is 0.241 e. The molecule has 2 N–H and O–H groups in total. The summed E-state index contributed by atoms with van der Waals surface area (Å²) in [7, 11) is 1.76. The monoisotopic (exact) mass is 355 g/mol. The van der Waals surface area contributed by atoms with Crippen LogP contribution in [0.2, 0.25) is 0 Å². The van der Waals surface area contributed by atoms with E-state index in [0.29, 0.717) is 0 Å². The van der Waals surface area contributed by atoms with Crippen LogP contribution in [0.25, 0.3) is 0 Å². The van der Waals surface area contributed by atoms with Gasteiger partial charge in [-0.15, -0.1) is 0 Å². The maximum atomic E-state index is 12.1. The third-order valence-corrected chi connectivity index (χ3v) is 3.52. The number of rotatable bonds is 6. The number of hydrogen-bond donors (Lipinski definition) is 2. The van der Waals surface area contributed by atoms with Gasteiger partial charge in [0.05, 0.1) is 12.6 Å². The summed E-state index contributed by atoms with van der Waals surface area (Å²) in [6.45, 7) is 5.77. The SMILES string of the molecule is CC(C)NC(=O)CN(C)[C@H](C)C(=O)Nc1ccc(Br)cc1. The van der Waals surface area contributed by atoms with E-state index in [-0.39, 0.29) is 24.4 Å². The van der Waals surface area contributed by atoms with E-state index >= 15 is 0 Å². The molecule has 6 heteroatoms. The molecule has 0 unspecified atom stereocenters. The summed E-state index contributed by atoms with van der Waals surface area (Å²) in [6, 6.07) is 7.06. The second-order valence-electron chi connectivity index (χ2n) is 5.31. The summed E-state index contributed by atoms with van der Waals surface area (Å²) in [5.74, 6) is -0.229. The van der Waals surface area contributed by atoms with Crippen molar-refractivity contribution in [1.82, 2.24) is 10.2 Å². The van der Waals surface area contributed by atoms with Gasteiger partial charge in [0.15, 0.2) is 0 Å². The van der Waals surface area contributed by atoms with Gasteiger partial charge in [-0.05, 0) is 52.1 Å². The predicted octanol–water partition coefficient (Wildman–Crippen LogP) is 2.23. The van der Waals surface area contributed by atoms with Crippen LogP contribution in [0.5, 0.6) is 0 Å². The Morgan fingerprint density at radius 1 is 1.19 bits per heavy atom. The molecular formula is C15H22BrN3O2. The van der Waals surface area contributed by atoms with Crippen LogP contribution in [0, 0.1) is 0 Å². The second-order valence-corrected chi connectivity index (χ2v) is 6.23. The molecule has 1 rings (SSSR count). The third kappa shape index (κ3) is 6.27. The number of amides is 2. The van der Waals surface area contributed by atoms with Crippen molar-refractivity contribution < 1.29 is 9.59 Å². The molecule has 21 heavy (non-hydrogen) atoms. The Morgan fingerprint density at radius 2 is 1.76 bits per heavy atom. The number of halogens is 1. The molecule has 0 aliphatic rings. The van der Waals surface area contributed by atoms with Crippen molar-refractivity contribution in [3.63, 3.8) is 0 Å². The van der Waals surface area contributed by atoms with E-state index in [1.54, 1.807) is 18.9 Å². The molecule has 116 valence electrons. The molecule has 0 heterocycles. The molecule has 0 aliphatic heterocycles. The molecule has 0 aromatic heterocycles. The zero-order valence-corrected chi connectivity index (χ0v) is 14.4. The number of carbonyl (C=O) groups excluding carboxylic acids is 2. The smallest absolute Gasteiger partial charge is 0.241 e.